The Morgan fingerprint density at radius 1 is 1.36 bits per heavy atom. The summed E-state index contributed by atoms with van der Waals surface area (Å²) in [4.78, 5) is 14.1. The fourth-order valence-electron chi connectivity index (χ4n) is 2.62. The summed E-state index contributed by atoms with van der Waals surface area (Å²) in [5.41, 5.74) is 3.16. The van der Waals surface area contributed by atoms with Crippen LogP contribution >= 0.6 is 0 Å². The molecular formula is C16H20N6O3. The van der Waals surface area contributed by atoms with Gasteiger partial charge in [0.15, 0.2) is 0 Å². The van der Waals surface area contributed by atoms with Crippen molar-refractivity contribution >= 4 is 17.1 Å². The molecule has 0 fully saturated rings. The minimum absolute atomic E-state index is 0.207. The Hall–Kier alpha value is -2.94. The van der Waals surface area contributed by atoms with Gasteiger partial charge in [-0.25, -0.2) is 9.42 Å². The molecule has 3 aromatic rings. The highest BCUT2D eigenvalue weighted by Gasteiger charge is 2.20. The van der Waals surface area contributed by atoms with E-state index in [4.69, 9.17) is 4.74 Å². The minimum Gasteiger partial charge on any atom is -0.382 e. The van der Waals surface area contributed by atoms with E-state index in [1.54, 1.807) is 29.9 Å². The topological polar surface area (TPSA) is 98.3 Å². The third-order valence-corrected chi connectivity index (χ3v) is 3.93. The number of benzene rings is 1. The van der Waals surface area contributed by atoms with Crippen LogP contribution in [0.5, 0.6) is 0 Å². The Labute approximate surface area is 144 Å². The molecule has 0 aliphatic carbocycles. The molecule has 2 aromatic heterocycles. The molecule has 1 N–H and O–H groups in total. The van der Waals surface area contributed by atoms with Gasteiger partial charge in [0.1, 0.15) is 11.0 Å². The molecule has 0 bridgehead atoms. The molecule has 9 nitrogen and oxygen atoms in total. The van der Waals surface area contributed by atoms with Gasteiger partial charge in [-0.2, -0.15) is 5.10 Å². The third-order valence-electron chi connectivity index (χ3n) is 3.93. The SMILES string of the molecule is COC[C@H](NC(=O)N(C)Cc1ccc2nonc2c1)c1ccnn1C. The molecule has 25 heavy (non-hydrogen) atoms. The molecule has 0 aliphatic rings. The Morgan fingerprint density at radius 2 is 2.16 bits per heavy atom. The van der Waals surface area contributed by atoms with Crippen LogP contribution in [0.4, 0.5) is 4.79 Å². The maximum absolute atomic E-state index is 12.5. The van der Waals surface area contributed by atoms with E-state index in [1.807, 2.05) is 31.3 Å². The molecule has 9 heteroatoms. The van der Waals surface area contributed by atoms with Crippen molar-refractivity contribution < 1.29 is 14.2 Å². The molecule has 0 saturated carbocycles. The van der Waals surface area contributed by atoms with Crippen LogP contribution in [-0.2, 0) is 18.3 Å². The zero-order valence-corrected chi connectivity index (χ0v) is 14.3. The lowest BCUT2D eigenvalue weighted by molar-refractivity contribution is 0.154. The second-order valence-corrected chi connectivity index (χ2v) is 5.78. The van der Waals surface area contributed by atoms with Crippen molar-refractivity contribution in [3.8, 4) is 0 Å². The van der Waals surface area contributed by atoms with Crippen molar-refractivity contribution in [1.82, 2.24) is 30.3 Å². The summed E-state index contributed by atoms with van der Waals surface area (Å²) in [6.45, 7) is 0.787. The van der Waals surface area contributed by atoms with Crippen LogP contribution in [0, 0.1) is 0 Å². The summed E-state index contributed by atoms with van der Waals surface area (Å²) in [6.07, 6.45) is 1.69. The fraction of sp³-hybridized carbons (Fsp3) is 0.375. The zero-order valence-electron chi connectivity index (χ0n) is 14.3. The van der Waals surface area contributed by atoms with Gasteiger partial charge in [-0.05, 0) is 34.1 Å². The number of amides is 2. The number of hydrogen-bond acceptors (Lipinski definition) is 6. The Kier molecular flexibility index (Phi) is 4.94. The summed E-state index contributed by atoms with van der Waals surface area (Å²) in [7, 11) is 5.16. The van der Waals surface area contributed by atoms with E-state index in [-0.39, 0.29) is 12.1 Å². The monoisotopic (exact) mass is 344 g/mol. The minimum atomic E-state index is -0.283. The van der Waals surface area contributed by atoms with Gasteiger partial charge >= 0.3 is 6.03 Å². The Bertz CT molecular complexity index is 858. The van der Waals surface area contributed by atoms with Crippen molar-refractivity contribution in [2.45, 2.75) is 12.6 Å². The molecule has 1 aromatic carbocycles. The molecule has 0 saturated heterocycles. The normalized spacial score (nSPS) is 12.3. The summed E-state index contributed by atoms with van der Waals surface area (Å²) in [6, 6.07) is 6.93. The maximum atomic E-state index is 12.5. The maximum Gasteiger partial charge on any atom is 0.318 e. The van der Waals surface area contributed by atoms with E-state index in [9.17, 15) is 4.79 Å². The molecular weight excluding hydrogens is 324 g/mol. The standard InChI is InChI=1S/C16H20N6O3/c1-21(9-11-4-5-12-13(8-11)20-25-19-12)16(23)18-14(10-24-3)15-6-7-17-22(15)2/h4-8,14H,9-10H2,1-3H3,(H,18,23)/t14-/m0/s1. The van der Waals surface area contributed by atoms with Gasteiger partial charge in [-0.15, -0.1) is 0 Å². The molecule has 0 aliphatic heterocycles. The lowest BCUT2D eigenvalue weighted by Crippen LogP contribution is -2.41. The van der Waals surface area contributed by atoms with Crippen molar-refractivity contribution in [3.05, 3.63) is 41.7 Å². The number of aryl methyl sites for hydroxylation is 1. The second kappa shape index (κ2) is 7.31. The molecule has 132 valence electrons. The number of hydrogen-bond donors (Lipinski definition) is 1. The van der Waals surface area contributed by atoms with Crippen LogP contribution in [0.2, 0.25) is 0 Å². The summed E-state index contributed by atoms with van der Waals surface area (Å²) in [5, 5.41) is 14.7. The van der Waals surface area contributed by atoms with Gasteiger partial charge in [0.05, 0.1) is 18.3 Å². The van der Waals surface area contributed by atoms with Crippen LogP contribution in [0.3, 0.4) is 0 Å². The van der Waals surface area contributed by atoms with E-state index >= 15 is 0 Å². The van der Waals surface area contributed by atoms with E-state index in [1.165, 1.54) is 0 Å². The number of ether oxygens (including phenoxy) is 1. The van der Waals surface area contributed by atoms with E-state index in [0.717, 1.165) is 11.3 Å². The first-order chi connectivity index (χ1) is 12.1. The van der Waals surface area contributed by atoms with Crippen LogP contribution in [0.1, 0.15) is 17.3 Å². The third kappa shape index (κ3) is 3.77. The van der Waals surface area contributed by atoms with Gasteiger partial charge in [-0.3, -0.25) is 4.68 Å². The van der Waals surface area contributed by atoms with Gasteiger partial charge in [0.2, 0.25) is 0 Å². The van der Waals surface area contributed by atoms with Gasteiger partial charge in [0, 0.05) is 33.9 Å². The second-order valence-electron chi connectivity index (χ2n) is 5.78. The van der Waals surface area contributed by atoms with Crippen LogP contribution in [0.15, 0.2) is 35.1 Å². The lowest BCUT2D eigenvalue weighted by atomic mass is 10.2. The molecule has 2 amide bonds. The van der Waals surface area contributed by atoms with Crippen LogP contribution in [-0.4, -0.2) is 51.8 Å². The number of carbonyl (C=O) groups is 1. The lowest BCUT2D eigenvalue weighted by Gasteiger charge is -2.23. The molecule has 1 atom stereocenters. The number of carbonyl (C=O) groups excluding carboxylic acids is 1. The van der Waals surface area contributed by atoms with E-state index in [2.05, 4.69) is 25.4 Å². The predicted octanol–water partition coefficient (Wildman–Crippen LogP) is 1.49. The number of aromatic nitrogens is 4. The number of fused-ring (bicyclic) bond motifs is 1. The van der Waals surface area contributed by atoms with E-state index in [0.29, 0.717) is 24.2 Å². The summed E-state index contributed by atoms with van der Waals surface area (Å²) in [5.74, 6) is 0. The molecule has 0 unspecified atom stereocenters. The van der Waals surface area contributed by atoms with Crippen molar-refractivity contribution in [1.29, 1.82) is 0 Å². The predicted molar refractivity (Wildman–Crippen MR) is 89.6 cm³/mol. The highest BCUT2D eigenvalue weighted by molar-refractivity contribution is 5.76. The van der Waals surface area contributed by atoms with E-state index < -0.39 is 0 Å². The Balaban J connectivity index is 1.67. The first-order valence-corrected chi connectivity index (χ1v) is 7.78. The summed E-state index contributed by atoms with van der Waals surface area (Å²) < 4.78 is 11.6. The number of rotatable bonds is 6. The van der Waals surface area contributed by atoms with Crippen LogP contribution < -0.4 is 5.32 Å². The number of methoxy groups -OCH3 is 1. The number of nitrogens with zero attached hydrogens (tertiary/aromatic N) is 5. The van der Waals surface area contributed by atoms with Crippen molar-refractivity contribution in [2.75, 3.05) is 20.8 Å². The average molecular weight is 344 g/mol. The first kappa shape index (κ1) is 16.9. The largest absolute Gasteiger partial charge is 0.382 e. The number of urea groups is 1. The van der Waals surface area contributed by atoms with Crippen LogP contribution in [0.25, 0.3) is 11.0 Å². The average Bonchev–Trinajstić information content (AvgIpc) is 3.22. The highest BCUT2D eigenvalue weighted by Crippen LogP contribution is 2.15. The summed E-state index contributed by atoms with van der Waals surface area (Å²) >= 11 is 0. The fourth-order valence-corrected chi connectivity index (χ4v) is 2.62. The molecule has 0 radical (unpaired) electrons. The smallest absolute Gasteiger partial charge is 0.318 e. The highest BCUT2D eigenvalue weighted by atomic mass is 16.6. The molecule has 2 heterocycles. The molecule has 0 spiro atoms. The first-order valence-electron chi connectivity index (χ1n) is 7.78. The molecule has 3 rings (SSSR count). The number of nitrogens with one attached hydrogen (secondary N) is 1. The quantitative estimate of drug-likeness (QED) is 0.727. The zero-order chi connectivity index (χ0) is 17.8. The van der Waals surface area contributed by atoms with Crippen molar-refractivity contribution in [3.63, 3.8) is 0 Å². The Morgan fingerprint density at radius 3 is 2.88 bits per heavy atom. The van der Waals surface area contributed by atoms with Gasteiger partial charge in [-0.1, -0.05) is 6.07 Å². The van der Waals surface area contributed by atoms with Gasteiger partial charge in [0.25, 0.3) is 0 Å². The van der Waals surface area contributed by atoms with Gasteiger partial charge < -0.3 is 15.0 Å². The van der Waals surface area contributed by atoms with Crippen molar-refractivity contribution in [2.24, 2.45) is 7.05 Å².